The van der Waals surface area contributed by atoms with Gasteiger partial charge in [-0.05, 0) is 45.4 Å². The van der Waals surface area contributed by atoms with Gasteiger partial charge in [0.05, 0.1) is 25.2 Å². The summed E-state index contributed by atoms with van der Waals surface area (Å²) in [4.78, 5) is 8.29. The van der Waals surface area contributed by atoms with Gasteiger partial charge in [-0.3, -0.25) is 4.57 Å². The highest BCUT2D eigenvalue weighted by Crippen LogP contribution is 2.49. The molecule has 0 aromatic carbocycles. The van der Waals surface area contributed by atoms with Crippen LogP contribution in [0.2, 0.25) is 10.4 Å². The lowest BCUT2D eigenvalue weighted by atomic mass is 10.1. The van der Waals surface area contributed by atoms with Gasteiger partial charge in [0.25, 0.3) is 0 Å². The van der Waals surface area contributed by atoms with Crippen LogP contribution in [0.15, 0.2) is 12.3 Å². The van der Waals surface area contributed by atoms with E-state index in [1.807, 2.05) is 13.8 Å². The fourth-order valence-corrected chi connectivity index (χ4v) is 5.75. The first-order valence-electron chi connectivity index (χ1n) is 10.3. The van der Waals surface area contributed by atoms with E-state index in [1.165, 1.54) is 0 Å². The second-order valence-electron chi connectivity index (χ2n) is 7.82. The number of nitrogens with zero attached hydrogens (tertiary/aromatic N) is 3. The average Bonchev–Trinajstić information content (AvgIpc) is 3.34. The van der Waals surface area contributed by atoms with Crippen LogP contribution in [0.4, 0.5) is 0 Å². The molecule has 2 fully saturated rings. The first-order chi connectivity index (χ1) is 15.2. The Morgan fingerprint density at radius 2 is 1.84 bits per heavy atom. The van der Waals surface area contributed by atoms with Crippen molar-refractivity contribution in [3.8, 4) is 0 Å². The molecule has 4 atom stereocenters. The smallest absolute Gasteiger partial charge is 0.356 e. The SMILES string of the molecule is CCOP(=O)(COCC1O[C@@H](n2ccc3c(Cl)nc(Cl)nc32)[C@@H]2OC(C)(C)O[C@H]12)OCC. The van der Waals surface area contributed by atoms with E-state index in [0.717, 1.165) is 0 Å². The minimum absolute atomic E-state index is 0.0309. The Morgan fingerprint density at radius 1 is 1.16 bits per heavy atom. The third-order valence-corrected chi connectivity index (χ3v) is 7.34. The maximum Gasteiger partial charge on any atom is 0.356 e. The van der Waals surface area contributed by atoms with Crippen molar-refractivity contribution in [3.63, 3.8) is 0 Å². The van der Waals surface area contributed by atoms with Crippen LogP contribution >= 0.6 is 30.8 Å². The molecule has 13 heteroatoms. The van der Waals surface area contributed by atoms with Crippen molar-refractivity contribution in [1.29, 1.82) is 0 Å². The first kappa shape index (κ1) is 24.3. The summed E-state index contributed by atoms with van der Waals surface area (Å²) in [5, 5.41) is 0.923. The highest BCUT2D eigenvalue weighted by Gasteiger charge is 2.56. The summed E-state index contributed by atoms with van der Waals surface area (Å²) < 4.78 is 49.2. The maximum atomic E-state index is 12.7. The Kier molecular flexibility index (Phi) is 7.18. The van der Waals surface area contributed by atoms with Crippen LogP contribution in [-0.2, 0) is 32.6 Å². The summed E-state index contributed by atoms with van der Waals surface area (Å²) in [6, 6.07) is 1.79. The van der Waals surface area contributed by atoms with Gasteiger partial charge in [-0.2, -0.15) is 4.98 Å². The highest BCUT2D eigenvalue weighted by atomic mass is 35.5. The van der Waals surface area contributed by atoms with Crippen LogP contribution in [0, 0.1) is 0 Å². The zero-order chi connectivity index (χ0) is 23.1. The molecule has 0 spiro atoms. The Balaban J connectivity index is 1.54. The molecular formula is C19H26Cl2N3O7P. The fraction of sp³-hybridized carbons (Fsp3) is 0.684. The van der Waals surface area contributed by atoms with Gasteiger partial charge in [-0.25, -0.2) is 4.98 Å². The van der Waals surface area contributed by atoms with Gasteiger partial charge in [0.2, 0.25) is 5.28 Å². The van der Waals surface area contributed by atoms with E-state index in [-0.39, 0.29) is 36.6 Å². The van der Waals surface area contributed by atoms with E-state index in [1.54, 1.807) is 30.7 Å². The topological polar surface area (TPSA) is 103 Å². The zero-order valence-corrected chi connectivity index (χ0v) is 20.6. The van der Waals surface area contributed by atoms with Gasteiger partial charge >= 0.3 is 7.60 Å². The van der Waals surface area contributed by atoms with Crippen molar-refractivity contribution in [1.82, 2.24) is 14.5 Å². The molecule has 0 bridgehead atoms. The Bertz CT molecular complexity index is 1010. The predicted molar refractivity (Wildman–Crippen MR) is 117 cm³/mol. The van der Waals surface area contributed by atoms with Crippen LogP contribution in [0.1, 0.15) is 33.9 Å². The van der Waals surface area contributed by atoms with Crippen molar-refractivity contribution < 1.29 is 32.6 Å². The standard InChI is InChI=1S/C19H26Cl2N3O7P/c1-5-27-32(25,28-6-2)10-26-9-12-13-14(31-19(3,4)30-13)17(29-12)24-8-7-11-15(20)22-18(21)23-16(11)24/h7-8,12-14,17H,5-6,9-10H2,1-4H3/t12?,13-,14-,17-/m1/s1. The molecule has 2 aliphatic heterocycles. The minimum atomic E-state index is -3.34. The number of hydrogen-bond acceptors (Lipinski definition) is 9. The molecule has 0 amide bonds. The lowest BCUT2D eigenvalue weighted by Gasteiger charge is -2.25. The number of hydrogen-bond donors (Lipinski definition) is 0. The van der Waals surface area contributed by atoms with Crippen molar-refractivity contribution in [2.24, 2.45) is 0 Å². The number of halogens is 2. The van der Waals surface area contributed by atoms with Crippen molar-refractivity contribution in [2.75, 3.05) is 26.2 Å². The van der Waals surface area contributed by atoms with E-state index in [2.05, 4.69) is 9.97 Å². The number of ether oxygens (including phenoxy) is 4. The van der Waals surface area contributed by atoms with Crippen molar-refractivity contribution in [3.05, 3.63) is 22.7 Å². The quantitative estimate of drug-likeness (QED) is 0.276. The normalized spacial score (nSPS) is 27.3. The van der Waals surface area contributed by atoms with Gasteiger partial charge < -0.3 is 32.6 Å². The summed E-state index contributed by atoms with van der Waals surface area (Å²) in [6.07, 6.45) is -0.314. The van der Waals surface area contributed by atoms with Gasteiger partial charge in [0.1, 0.15) is 35.5 Å². The number of fused-ring (bicyclic) bond motifs is 2. The summed E-state index contributed by atoms with van der Waals surface area (Å²) in [6.45, 7) is 7.78. The molecule has 4 rings (SSSR count). The molecule has 0 saturated carbocycles. The second-order valence-corrected chi connectivity index (χ2v) is 10.5. The molecule has 4 heterocycles. The van der Waals surface area contributed by atoms with E-state index >= 15 is 0 Å². The molecule has 32 heavy (non-hydrogen) atoms. The third kappa shape index (κ3) is 4.85. The van der Waals surface area contributed by atoms with Gasteiger partial charge in [0.15, 0.2) is 12.0 Å². The van der Waals surface area contributed by atoms with Gasteiger partial charge in [0, 0.05) is 6.20 Å². The number of rotatable bonds is 9. The summed E-state index contributed by atoms with van der Waals surface area (Å²) >= 11 is 12.2. The van der Waals surface area contributed by atoms with E-state index in [9.17, 15) is 4.57 Å². The molecule has 1 unspecified atom stereocenters. The monoisotopic (exact) mass is 509 g/mol. The van der Waals surface area contributed by atoms with E-state index in [4.69, 9.17) is 51.2 Å². The molecule has 0 N–H and O–H groups in total. The molecule has 0 radical (unpaired) electrons. The van der Waals surface area contributed by atoms with Crippen LogP contribution < -0.4 is 0 Å². The van der Waals surface area contributed by atoms with Gasteiger partial charge in [-0.15, -0.1) is 0 Å². The van der Waals surface area contributed by atoms with Crippen LogP contribution in [0.5, 0.6) is 0 Å². The van der Waals surface area contributed by atoms with Crippen LogP contribution in [0.25, 0.3) is 11.0 Å². The molecule has 178 valence electrons. The van der Waals surface area contributed by atoms with Gasteiger partial charge in [-0.1, -0.05) is 11.6 Å². The predicted octanol–water partition coefficient (Wildman–Crippen LogP) is 4.40. The molecule has 0 aliphatic carbocycles. The molecule has 2 aliphatic rings. The van der Waals surface area contributed by atoms with E-state index in [0.29, 0.717) is 11.0 Å². The summed E-state index contributed by atoms with van der Waals surface area (Å²) in [7, 11) is -3.34. The van der Waals surface area contributed by atoms with Crippen molar-refractivity contribution in [2.45, 2.75) is 58.0 Å². The van der Waals surface area contributed by atoms with Crippen molar-refractivity contribution >= 4 is 41.8 Å². The fourth-order valence-electron chi connectivity index (χ4n) is 3.98. The lowest BCUT2D eigenvalue weighted by molar-refractivity contribution is -0.201. The zero-order valence-electron chi connectivity index (χ0n) is 18.2. The molecule has 2 saturated heterocycles. The first-order valence-corrected chi connectivity index (χ1v) is 12.8. The van der Waals surface area contributed by atoms with Crippen LogP contribution in [0.3, 0.4) is 0 Å². The third-order valence-electron chi connectivity index (χ3n) is 5.08. The molecule has 10 nitrogen and oxygen atoms in total. The lowest BCUT2D eigenvalue weighted by Crippen LogP contribution is -2.33. The van der Waals surface area contributed by atoms with E-state index < -0.39 is 37.9 Å². The Morgan fingerprint density at radius 3 is 2.53 bits per heavy atom. The number of aromatic nitrogens is 3. The summed E-state index contributed by atoms with van der Waals surface area (Å²) in [5.74, 6) is -0.811. The highest BCUT2D eigenvalue weighted by molar-refractivity contribution is 7.53. The summed E-state index contributed by atoms with van der Waals surface area (Å²) in [5.41, 5.74) is 0.519. The Labute approximate surface area is 195 Å². The minimum Gasteiger partial charge on any atom is -0.366 e. The maximum absolute atomic E-state index is 12.7. The molecule has 2 aromatic heterocycles. The average molecular weight is 510 g/mol. The largest absolute Gasteiger partial charge is 0.366 e. The van der Waals surface area contributed by atoms with Crippen LogP contribution in [-0.4, -0.2) is 64.8 Å². The molecule has 2 aromatic rings. The second kappa shape index (κ2) is 9.44. The Hall–Kier alpha value is -0.810. The molecular weight excluding hydrogens is 484 g/mol.